The van der Waals surface area contributed by atoms with Crippen LogP contribution in [0.5, 0.6) is 0 Å². The zero-order valence-electron chi connectivity index (χ0n) is 14.3. The van der Waals surface area contributed by atoms with Crippen LogP contribution in [0.25, 0.3) is 5.52 Å². The SMILES string of the molecule is O=C(NC1[C@H]2CC(O)(c3cc(Cl)cn4cncc34)C[C@@H]12)c1cccc(Cl)c1. The van der Waals surface area contributed by atoms with Gasteiger partial charge in [-0.05, 0) is 48.9 Å². The summed E-state index contributed by atoms with van der Waals surface area (Å²) in [5.74, 6) is 0.404. The normalized spacial score (nSPS) is 28.9. The molecule has 0 bridgehead atoms. The summed E-state index contributed by atoms with van der Waals surface area (Å²) in [6.45, 7) is 0. The zero-order chi connectivity index (χ0) is 18.8. The van der Waals surface area contributed by atoms with E-state index in [0.717, 1.165) is 11.1 Å². The van der Waals surface area contributed by atoms with Crippen LogP contribution in [-0.2, 0) is 5.60 Å². The predicted octanol–water partition coefficient (Wildman–Crippen LogP) is 3.67. The molecule has 2 saturated carbocycles. The molecular formula is C20H17Cl2N3O2. The van der Waals surface area contributed by atoms with E-state index in [1.807, 2.05) is 10.5 Å². The highest BCUT2D eigenvalue weighted by molar-refractivity contribution is 6.31. The molecule has 1 amide bonds. The standard InChI is InChI=1S/C20H17Cl2N3O2/c21-12-3-1-2-11(4-12)19(26)24-18-14-6-20(27,7-15(14)18)16-5-13(22)9-25-10-23-8-17(16)25/h1-5,8-10,14-15,18,27H,6-7H2,(H,24,26)/t14-,15+,18?,20?. The molecule has 5 rings (SSSR count). The van der Waals surface area contributed by atoms with Gasteiger partial charge >= 0.3 is 0 Å². The second-order valence-electron chi connectivity index (χ2n) is 7.54. The number of halogens is 2. The molecule has 138 valence electrons. The molecule has 2 aromatic heterocycles. The van der Waals surface area contributed by atoms with Crippen molar-refractivity contribution in [2.75, 3.05) is 0 Å². The van der Waals surface area contributed by atoms with Gasteiger partial charge in [-0.15, -0.1) is 0 Å². The van der Waals surface area contributed by atoms with Crippen LogP contribution in [0.2, 0.25) is 10.0 Å². The summed E-state index contributed by atoms with van der Waals surface area (Å²) in [7, 11) is 0. The molecule has 2 aliphatic carbocycles. The number of hydrogen-bond acceptors (Lipinski definition) is 3. The molecule has 0 spiro atoms. The lowest BCUT2D eigenvalue weighted by molar-refractivity contribution is 0.0289. The van der Waals surface area contributed by atoms with Crippen LogP contribution in [-0.4, -0.2) is 26.4 Å². The molecule has 27 heavy (non-hydrogen) atoms. The minimum absolute atomic E-state index is 0.0943. The third kappa shape index (κ3) is 2.81. The van der Waals surface area contributed by atoms with Gasteiger partial charge in [-0.25, -0.2) is 4.98 Å². The maximum absolute atomic E-state index is 12.4. The Hall–Kier alpha value is -2.08. The molecule has 2 aliphatic rings. The van der Waals surface area contributed by atoms with Crippen molar-refractivity contribution in [3.63, 3.8) is 0 Å². The summed E-state index contributed by atoms with van der Waals surface area (Å²) in [5.41, 5.74) is 1.28. The molecule has 0 aliphatic heterocycles. The minimum atomic E-state index is -0.946. The van der Waals surface area contributed by atoms with Gasteiger partial charge in [-0.2, -0.15) is 0 Å². The van der Waals surface area contributed by atoms with E-state index in [2.05, 4.69) is 10.3 Å². The number of nitrogens with zero attached hydrogens (tertiary/aromatic N) is 2. The third-order valence-electron chi connectivity index (χ3n) is 5.85. The Morgan fingerprint density at radius 3 is 2.74 bits per heavy atom. The minimum Gasteiger partial charge on any atom is -0.385 e. The summed E-state index contributed by atoms with van der Waals surface area (Å²) < 4.78 is 1.83. The second kappa shape index (κ2) is 5.96. The number of benzene rings is 1. The van der Waals surface area contributed by atoms with Gasteiger partial charge < -0.3 is 14.8 Å². The maximum atomic E-state index is 12.4. The number of rotatable bonds is 3. The van der Waals surface area contributed by atoms with Gasteiger partial charge in [0.2, 0.25) is 0 Å². The number of amides is 1. The van der Waals surface area contributed by atoms with Gasteiger partial charge in [-0.1, -0.05) is 29.3 Å². The first-order valence-corrected chi connectivity index (χ1v) is 9.61. The van der Waals surface area contributed by atoms with Crippen molar-refractivity contribution < 1.29 is 9.90 Å². The van der Waals surface area contributed by atoms with Gasteiger partial charge in [0.25, 0.3) is 5.91 Å². The first-order chi connectivity index (χ1) is 12.9. The Morgan fingerprint density at radius 2 is 2.00 bits per heavy atom. The molecule has 3 aromatic rings. The molecule has 4 atom stereocenters. The van der Waals surface area contributed by atoms with Crippen molar-refractivity contribution in [2.24, 2.45) is 11.8 Å². The van der Waals surface area contributed by atoms with Crippen LogP contribution in [0, 0.1) is 11.8 Å². The van der Waals surface area contributed by atoms with E-state index in [-0.39, 0.29) is 23.8 Å². The van der Waals surface area contributed by atoms with Crippen LogP contribution >= 0.6 is 23.2 Å². The van der Waals surface area contributed by atoms with Crippen molar-refractivity contribution in [3.8, 4) is 0 Å². The summed E-state index contributed by atoms with van der Waals surface area (Å²) in [6, 6.07) is 8.83. The first-order valence-electron chi connectivity index (χ1n) is 8.85. The quantitative estimate of drug-likeness (QED) is 0.703. The fourth-order valence-electron chi connectivity index (χ4n) is 4.53. The van der Waals surface area contributed by atoms with Crippen molar-refractivity contribution in [2.45, 2.75) is 24.5 Å². The van der Waals surface area contributed by atoms with Gasteiger partial charge in [0.15, 0.2) is 0 Å². The lowest BCUT2D eigenvalue weighted by Crippen LogP contribution is -2.33. The highest BCUT2D eigenvalue weighted by atomic mass is 35.5. The average Bonchev–Trinajstić information content (AvgIpc) is 3.01. The van der Waals surface area contributed by atoms with Gasteiger partial charge in [0.05, 0.1) is 28.7 Å². The Morgan fingerprint density at radius 1 is 1.22 bits per heavy atom. The lowest BCUT2D eigenvalue weighted by atomic mass is 9.88. The van der Waals surface area contributed by atoms with Crippen molar-refractivity contribution >= 4 is 34.6 Å². The van der Waals surface area contributed by atoms with E-state index >= 15 is 0 Å². The zero-order valence-corrected chi connectivity index (χ0v) is 15.8. The topological polar surface area (TPSA) is 66.6 Å². The highest BCUT2D eigenvalue weighted by Gasteiger charge is 2.62. The first kappa shape index (κ1) is 17.0. The number of carbonyl (C=O) groups is 1. The summed E-state index contributed by atoms with van der Waals surface area (Å²) in [4.78, 5) is 16.6. The van der Waals surface area contributed by atoms with Crippen LogP contribution in [0.1, 0.15) is 28.8 Å². The number of imidazole rings is 1. The van der Waals surface area contributed by atoms with Crippen molar-refractivity contribution in [3.05, 3.63) is 70.2 Å². The van der Waals surface area contributed by atoms with Crippen molar-refractivity contribution in [1.29, 1.82) is 0 Å². The Labute approximate surface area is 165 Å². The van der Waals surface area contributed by atoms with Gasteiger partial charge in [-0.3, -0.25) is 4.79 Å². The van der Waals surface area contributed by atoms with E-state index in [4.69, 9.17) is 23.2 Å². The number of nitrogens with one attached hydrogen (secondary N) is 1. The summed E-state index contributed by atoms with van der Waals surface area (Å²) >= 11 is 12.2. The molecule has 7 heteroatoms. The van der Waals surface area contributed by atoms with E-state index in [0.29, 0.717) is 28.5 Å². The Kier molecular flexibility index (Phi) is 3.76. The molecule has 0 radical (unpaired) electrons. The van der Waals surface area contributed by atoms with Crippen molar-refractivity contribution in [1.82, 2.24) is 14.7 Å². The molecular weight excluding hydrogens is 385 g/mol. The molecule has 2 unspecified atom stereocenters. The summed E-state index contributed by atoms with van der Waals surface area (Å²) in [6.07, 6.45) is 6.39. The van der Waals surface area contributed by atoms with Crippen LogP contribution in [0.4, 0.5) is 0 Å². The molecule has 2 fully saturated rings. The average molecular weight is 402 g/mol. The third-order valence-corrected chi connectivity index (χ3v) is 6.29. The van der Waals surface area contributed by atoms with E-state index in [1.165, 1.54) is 0 Å². The van der Waals surface area contributed by atoms with E-state index in [9.17, 15) is 9.90 Å². The lowest BCUT2D eigenvalue weighted by Gasteiger charge is -2.27. The molecule has 0 saturated heterocycles. The fraction of sp³-hybridized carbons (Fsp3) is 0.300. The molecule has 2 N–H and O–H groups in total. The van der Waals surface area contributed by atoms with E-state index in [1.54, 1.807) is 43.0 Å². The maximum Gasteiger partial charge on any atom is 0.251 e. The van der Waals surface area contributed by atoms with Crippen LogP contribution < -0.4 is 5.32 Å². The number of aromatic nitrogens is 2. The van der Waals surface area contributed by atoms with Gasteiger partial charge in [0.1, 0.15) is 0 Å². The highest BCUT2D eigenvalue weighted by Crippen LogP contribution is 2.60. The smallest absolute Gasteiger partial charge is 0.251 e. The number of hydrogen-bond donors (Lipinski definition) is 2. The fourth-order valence-corrected chi connectivity index (χ4v) is 4.94. The number of fused-ring (bicyclic) bond motifs is 2. The largest absolute Gasteiger partial charge is 0.385 e. The number of pyridine rings is 1. The monoisotopic (exact) mass is 401 g/mol. The van der Waals surface area contributed by atoms with Gasteiger partial charge in [0, 0.05) is 28.4 Å². The summed E-state index contributed by atoms with van der Waals surface area (Å²) in [5, 5.41) is 15.5. The Balaban J connectivity index is 1.33. The predicted molar refractivity (Wildman–Crippen MR) is 103 cm³/mol. The Bertz CT molecular complexity index is 1050. The number of aliphatic hydroxyl groups is 1. The second-order valence-corrected chi connectivity index (χ2v) is 8.41. The van der Waals surface area contributed by atoms with Crippen LogP contribution in [0.15, 0.2) is 49.1 Å². The number of carbonyl (C=O) groups excluding carboxylic acids is 1. The molecule has 1 aromatic carbocycles. The van der Waals surface area contributed by atoms with Crippen LogP contribution in [0.3, 0.4) is 0 Å². The molecule has 2 heterocycles. The molecule has 5 nitrogen and oxygen atoms in total. The van der Waals surface area contributed by atoms with E-state index < -0.39 is 5.60 Å².